The molecule has 0 spiro atoms. The normalized spacial score (nSPS) is 15.4. The zero-order chi connectivity index (χ0) is 19.4. The third-order valence-electron chi connectivity index (χ3n) is 4.41. The van der Waals surface area contributed by atoms with E-state index in [-0.39, 0.29) is 36.1 Å². The molecule has 27 heavy (non-hydrogen) atoms. The molecule has 3 rings (SSSR count). The summed E-state index contributed by atoms with van der Waals surface area (Å²) >= 11 is 1.23. The second-order valence-corrected chi connectivity index (χ2v) is 7.60. The Balaban J connectivity index is 1.55. The Labute approximate surface area is 160 Å². The van der Waals surface area contributed by atoms with Crippen LogP contribution in [0.15, 0.2) is 28.9 Å². The number of amides is 3. The molecule has 9 heteroatoms. The summed E-state index contributed by atoms with van der Waals surface area (Å²) < 4.78 is 5.07. The van der Waals surface area contributed by atoms with Gasteiger partial charge in [-0.2, -0.15) is 0 Å². The van der Waals surface area contributed by atoms with Gasteiger partial charge in [0.25, 0.3) is 11.8 Å². The van der Waals surface area contributed by atoms with Gasteiger partial charge in [0.1, 0.15) is 0 Å². The van der Waals surface area contributed by atoms with Gasteiger partial charge in [-0.1, -0.05) is 0 Å². The second kappa shape index (κ2) is 8.36. The van der Waals surface area contributed by atoms with Crippen molar-refractivity contribution in [2.75, 3.05) is 25.0 Å². The van der Waals surface area contributed by atoms with Crippen LogP contribution in [0.1, 0.15) is 38.6 Å². The van der Waals surface area contributed by atoms with E-state index in [1.165, 1.54) is 17.6 Å². The highest BCUT2D eigenvalue weighted by Crippen LogP contribution is 2.27. The molecule has 1 fully saturated rings. The number of furan rings is 1. The van der Waals surface area contributed by atoms with Crippen LogP contribution in [0.25, 0.3) is 0 Å². The van der Waals surface area contributed by atoms with Crippen LogP contribution in [-0.2, 0) is 4.79 Å². The number of likely N-dealkylation sites (tertiary alicyclic amines) is 1. The van der Waals surface area contributed by atoms with E-state index in [4.69, 9.17) is 10.2 Å². The van der Waals surface area contributed by atoms with Gasteiger partial charge < -0.3 is 20.8 Å². The molecule has 2 aromatic heterocycles. The highest BCUT2D eigenvalue weighted by molar-refractivity contribution is 7.18. The van der Waals surface area contributed by atoms with E-state index >= 15 is 0 Å². The predicted octanol–water partition coefficient (Wildman–Crippen LogP) is 1.58. The summed E-state index contributed by atoms with van der Waals surface area (Å²) in [5, 5.41) is 6.38. The third kappa shape index (κ3) is 4.95. The summed E-state index contributed by atoms with van der Waals surface area (Å²) in [7, 11) is 0. The first-order chi connectivity index (χ1) is 12.9. The van der Waals surface area contributed by atoms with Gasteiger partial charge in [-0.3, -0.25) is 19.3 Å². The molecule has 0 aromatic carbocycles. The first-order valence-electron chi connectivity index (χ1n) is 8.69. The smallest absolute Gasteiger partial charge is 0.291 e. The van der Waals surface area contributed by atoms with Crippen molar-refractivity contribution in [3.8, 4) is 0 Å². The summed E-state index contributed by atoms with van der Waals surface area (Å²) in [6, 6.07) is 5.05. The van der Waals surface area contributed by atoms with E-state index in [1.807, 2.05) is 11.8 Å². The summed E-state index contributed by atoms with van der Waals surface area (Å²) in [5.41, 5.74) is 6.02. The van der Waals surface area contributed by atoms with E-state index in [0.717, 1.165) is 31.5 Å². The van der Waals surface area contributed by atoms with Gasteiger partial charge in [-0.25, -0.2) is 0 Å². The lowest BCUT2D eigenvalue weighted by Crippen LogP contribution is -2.46. The number of hydrogen-bond donors (Lipinski definition) is 3. The number of thiophene rings is 1. The van der Waals surface area contributed by atoms with E-state index in [9.17, 15) is 14.4 Å². The average molecular weight is 390 g/mol. The number of nitrogens with two attached hydrogens (primary N) is 1. The summed E-state index contributed by atoms with van der Waals surface area (Å²) in [6.45, 7) is 3.54. The van der Waals surface area contributed by atoms with Crippen LogP contribution in [0.2, 0.25) is 0 Å². The number of rotatable bonds is 6. The van der Waals surface area contributed by atoms with Crippen LogP contribution in [0, 0.1) is 6.92 Å². The predicted molar refractivity (Wildman–Crippen MR) is 102 cm³/mol. The molecule has 3 heterocycles. The minimum Gasteiger partial charge on any atom is -0.459 e. The third-order valence-corrected chi connectivity index (χ3v) is 5.56. The van der Waals surface area contributed by atoms with Crippen LogP contribution < -0.4 is 16.4 Å². The lowest BCUT2D eigenvalue weighted by Gasteiger charge is -2.31. The first-order valence-corrected chi connectivity index (χ1v) is 9.51. The number of nitrogens with zero attached hydrogens (tertiary/aromatic N) is 1. The molecule has 8 nitrogen and oxygen atoms in total. The fraction of sp³-hybridized carbons (Fsp3) is 0.389. The van der Waals surface area contributed by atoms with Crippen LogP contribution in [0.3, 0.4) is 0 Å². The fourth-order valence-electron chi connectivity index (χ4n) is 3.06. The Kier molecular flexibility index (Phi) is 5.92. The summed E-state index contributed by atoms with van der Waals surface area (Å²) in [6.07, 6.45) is 2.97. The van der Waals surface area contributed by atoms with Crippen molar-refractivity contribution in [2.45, 2.75) is 25.8 Å². The number of anilines is 1. The molecule has 3 amide bonds. The second-order valence-electron chi connectivity index (χ2n) is 6.54. The molecular formula is C18H22N4O4S. The first kappa shape index (κ1) is 19.1. The van der Waals surface area contributed by atoms with Crippen molar-refractivity contribution in [3.63, 3.8) is 0 Å². The number of nitrogens with one attached hydrogen (secondary N) is 2. The fourth-order valence-corrected chi connectivity index (χ4v) is 4.03. The summed E-state index contributed by atoms with van der Waals surface area (Å²) in [4.78, 5) is 38.2. The SMILES string of the molecule is Cc1cc(NC(=O)c2ccco2)sc1C(=O)NC1CCN(CC(N)=O)CC1. The molecule has 0 saturated carbocycles. The van der Waals surface area contributed by atoms with Crippen molar-refractivity contribution in [1.82, 2.24) is 10.2 Å². The molecular weight excluding hydrogens is 368 g/mol. The minimum absolute atomic E-state index is 0.0595. The molecule has 1 aliphatic heterocycles. The standard InChI is InChI=1S/C18H22N4O4S/c1-11-9-15(21-17(24)13-3-2-8-26-13)27-16(11)18(25)20-12-4-6-22(7-5-12)10-14(19)23/h2-3,8-9,12H,4-7,10H2,1H3,(H2,19,23)(H,20,25)(H,21,24). The quantitative estimate of drug-likeness (QED) is 0.692. The van der Waals surface area contributed by atoms with Gasteiger partial charge >= 0.3 is 0 Å². The van der Waals surface area contributed by atoms with E-state index in [0.29, 0.717) is 9.88 Å². The minimum atomic E-state index is -0.352. The van der Waals surface area contributed by atoms with Gasteiger partial charge in [0.15, 0.2) is 5.76 Å². The van der Waals surface area contributed by atoms with Crippen molar-refractivity contribution in [1.29, 1.82) is 0 Å². The number of aryl methyl sites for hydroxylation is 1. The maximum Gasteiger partial charge on any atom is 0.291 e. The number of primary amides is 1. The Morgan fingerprint density at radius 3 is 2.67 bits per heavy atom. The van der Waals surface area contributed by atoms with Gasteiger partial charge in [0.05, 0.1) is 22.7 Å². The van der Waals surface area contributed by atoms with Gasteiger partial charge in [-0.15, -0.1) is 11.3 Å². The Bertz CT molecular complexity index is 823. The van der Waals surface area contributed by atoms with Gasteiger partial charge in [-0.05, 0) is 43.5 Å². The Morgan fingerprint density at radius 2 is 2.04 bits per heavy atom. The maximum absolute atomic E-state index is 12.6. The maximum atomic E-state index is 12.6. The van der Waals surface area contributed by atoms with Crippen molar-refractivity contribution in [3.05, 3.63) is 40.7 Å². The summed E-state index contributed by atoms with van der Waals surface area (Å²) in [5.74, 6) is -0.620. The number of carbonyl (C=O) groups is 3. The molecule has 2 aromatic rings. The Hall–Kier alpha value is -2.65. The largest absolute Gasteiger partial charge is 0.459 e. The Morgan fingerprint density at radius 1 is 1.30 bits per heavy atom. The van der Waals surface area contributed by atoms with Crippen LogP contribution in [0.5, 0.6) is 0 Å². The van der Waals surface area contributed by atoms with Crippen molar-refractivity contribution >= 4 is 34.1 Å². The highest BCUT2D eigenvalue weighted by Gasteiger charge is 2.23. The molecule has 0 atom stereocenters. The highest BCUT2D eigenvalue weighted by atomic mass is 32.1. The lowest BCUT2D eigenvalue weighted by atomic mass is 10.0. The van der Waals surface area contributed by atoms with Crippen LogP contribution in [0.4, 0.5) is 5.00 Å². The molecule has 4 N–H and O–H groups in total. The van der Waals surface area contributed by atoms with E-state index < -0.39 is 0 Å². The number of piperidine rings is 1. The molecule has 1 aliphatic rings. The van der Waals surface area contributed by atoms with Crippen molar-refractivity contribution in [2.24, 2.45) is 5.73 Å². The van der Waals surface area contributed by atoms with Crippen LogP contribution in [-0.4, -0.2) is 48.3 Å². The van der Waals surface area contributed by atoms with Gasteiger partial charge in [0, 0.05) is 19.1 Å². The van der Waals surface area contributed by atoms with Gasteiger partial charge in [0.2, 0.25) is 5.91 Å². The monoisotopic (exact) mass is 390 g/mol. The molecule has 0 aliphatic carbocycles. The molecule has 0 unspecified atom stereocenters. The van der Waals surface area contributed by atoms with E-state index in [2.05, 4.69) is 10.6 Å². The molecule has 0 bridgehead atoms. The number of hydrogen-bond acceptors (Lipinski definition) is 6. The van der Waals surface area contributed by atoms with Crippen molar-refractivity contribution < 1.29 is 18.8 Å². The molecule has 0 radical (unpaired) electrons. The molecule has 1 saturated heterocycles. The lowest BCUT2D eigenvalue weighted by molar-refractivity contribution is -0.119. The zero-order valence-electron chi connectivity index (χ0n) is 15.0. The van der Waals surface area contributed by atoms with Crippen LogP contribution >= 0.6 is 11.3 Å². The van der Waals surface area contributed by atoms with E-state index in [1.54, 1.807) is 18.2 Å². The molecule has 144 valence electrons. The zero-order valence-corrected chi connectivity index (χ0v) is 15.8. The number of carbonyl (C=O) groups excluding carboxylic acids is 3. The topological polar surface area (TPSA) is 118 Å². The average Bonchev–Trinajstić information content (AvgIpc) is 3.26.